The first-order valence-corrected chi connectivity index (χ1v) is 6.68. The maximum absolute atomic E-state index is 11.9. The summed E-state index contributed by atoms with van der Waals surface area (Å²) in [5, 5.41) is 10.2. The van der Waals surface area contributed by atoms with Gasteiger partial charge in [-0.05, 0) is 22.4 Å². The molecule has 1 amide bonds. The molecule has 6 heteroatoms. The van der Waals surface area contributed by atoms with Crippen LogP contribution in [0.1, 0.15) is 0 Å². The van der Waals surface area contributed by atoms with E-state index in [4.69, 9.17) is 9.37 Å². The summed E-state index contributed by atoms with van der Waals surface area (Å²) >= 11 is 0. The van der Waals surface area contributed by atoms with Crippen LogP contribution in [-0.2, 0) is 4.79 Å². The van der Waals surface area contributed by atoms with Gasteiger partial charge in [-0.3, -0.25) is 4.79 Å². The molecule has 0 saturated heterocycles. The normalized spacial score (nSPS) is 10.2. The van der Waals surface area contributed by atoms with Crippen LogP contribution in [0.15, 0.2) is 65.3 Å². The second kappa shape index (κ2) is 6.53. The topological polar surface area (TPSA) is 77.2 Å². The molecule has 0 saturated carbocycles. The third-order valence-corrected chi connectivity index (χ3v) is 2.91. The number of ether oxygens (including phenoxy) is 1. The van der Waals surface area contributed by atoms with Crippen molar-refractivity contribution in [3.63, 3.8) is 0 Å². The van der Waals surface area contributed by atoms with E-state index in [2.05, 4.69) is 15.6 Å². The minimum absolute atomic E-state index is 0.120. The van der Waals surface area contributed by atoms with E-state index in [1.54, 1.807) is 12.1 Å². The summed E-state index contributed by atoms with van der Waals surface area (Å²) in [5.74, 6) is 0.559. The van der Waals surface area contributed by atoms with E-state index in [-0.39, 0.29) is 18.3 Å². The van der Waals surface area contributed by atoms with Gasteiger partial charge in [-0.25, -0.2) is 4.63 Å². The van der Waals surface area contributed by atoms with Gasteiger partial charge in [0.25, 0.3) is 5.91 Å². The molecule has 0 atom stereocenters. The number of hydrogen-bond donors (Lipinski definition) is 1. The van der Waals surface area contributed by atoms with Crippen molar-refractivity contribution in [2.75, 3.05) is 11.9 Å². The van der Waals surface area contributed by atoms with Gasteiger partial charge < -0.3 is 10.1 Å². The summed E-state index contributed by atoms with van der Waals surface area (Å²) in [5.41, 5.74) is 1.29. The van der Waals surface area contributed by atoms with Crippen molar-refractivity contribution >= 4 is 11.7 Å². The van der Waals surface area contributed by atoms with Gasteiger partial charge in [0.1, 0.15) is 5.75 Å². The van der Waals surface area contributed by atoms with Crippen LogP contribution < -0.4 is 10.1 Å². The maximum atomic E-state index is 11.9. The quantitative estimate of drug-likeness (QED) is 0.783. The number of nitrogens with zero attached hydrogens (tertiary/aromatic N) is 2. The molecule has 1 heterocycles. The average molecular weight is 295 g/mol. The summed E-state index contributed by atoms with van der Waals surface area (Å²) < 4.78 is 10.1. The summed E-state index contributed by atoms with van der Waals surface area (Å²) in [6.07, 6.45) is 0. The molecule has 0 aliphatic heterocycles. The van der Waals surface area contributed by atoms with Crippen LogP contribution in [0.25, 0.3) is 11.3 Å². The van der Waals surface area contributed by atoms with Crippen LogP contribution >= 0.6 is 0 Å². The molecule has 0 fully saturated rings. The number of hydrogen-bond acceptors (Lipinski definition) is 5. The number of para-hydroxylation sites is 1. The fourth-order valence-corrected chi connectivity index (χ4v) is 1.89. The Bertz CT molecular complexity index is 742. The number of amides is 1. The van der Waals surface area contributed by atoms with Gasteiger partial charge in [-0.2, -0.15) is 0 Å². The number of rotatable bonds is 5. The standard InChI is InChI=1S/C16H13N3O3/c20-14(11-21-13-9-5-2-6-10-13)17-16-15(18-22-19-16)12-7-3-1-4-8-12/h1-10H,11H2,(H,17,19,20). The van der Waals surface area contributed by atoms with Crippen molar-refractivity contribution in [3.8, 4) is 17.0 Å². The van der Waals surface area contributed by atoms with Crippen LogP contribution in [0, 0.1) is 0 Å². The Balaban J connectivity index is 1.64. The molecule has 6 nitrogen and oxygen atoms in total. The molecule has 0 spiro atoms. The molecular weight excluding hydrogens is 282 g/mol. The van der Waals surface area contributed by atoms with Crippen LogP contribution in [0.2, 0.25) is 0 Å². The minimum Gasteiger partial charge on any atom is -0.484 e. The fourth-order valence-electron chi connectivity index (χ4n) is 1.89. The van der Waals surface area contributed by atoms with E-state index < -0.39 is 0 Å². The van der Waals surface area contributed by atoms with Crippen molar-refractivity contribution in [1.82, 2.24) is 10.3 Å². The van der Waals surface area contributed by atoms with E-state index in [0.29, 0.717) is 11.4 Å². The van der Waals surface area contributed by atoms with Gasteiger partial charge in [-0.15, -0.1) is 0 Å². The van der Waals surface area contributed by atoms with Gasteiger partial charge in [-0.1, -0.05) is 48.5 Å². The molecule has 22 heavy (non-hydrogen) atoms. The van der Waals surface area contributed by atoms with Crippen LogP contribution in [0.4, 0.5) is 5.82 Å². The number of nitrogens with one attached hydrogen (secondary N) is 1. The first kappa shape index (κ1) is 13.8. The Labute approximate surface area is 126 Å². The lowest BCUT2D eigenvalue weighted by molar-refractivity contribution is -0.118. The second-order valence-corrected chi connectivity index (χ2v) is 4.48. The molecule has 110 valence electrons. The highest BCUT2D eigenvalue weighted by Crippen LogP contribution is 2.23. The summed E-state index contributed by atoms with van der Waals surface area (Å²) in [6.45, 7) is -0.120. The first-order chi connectivity index (χ1) is 10.8. The maximum Gasteiger partial charge on any atom is 0.263 e. The van der Waals surface area contributed by atoms with Crippen molar-refractivity contribution in [2.45, 2.75) is 0 Å². The highest BCUT2D eigenvalue weighted by atomic mass is 16.6. The first-order valence-electron chi connectivity index (χ1n) is 6.68. The second-order valence-electron chi connectivity index (χ2n) is 4.48. The molecule has 2 aromatic carbocycles. The molecule has 0 unspecified atom stereocenters. The Morgan fingerprint density at radius 1 is 1.00 bits per heavy atom. The zero-order chi connectivity index (χ0) is 15.2. The number of anilines is 1. The zero-order valence-electron chi connectivity index (χ0n) is 11.6. The van der Waals surface area contributed by atoms with E-state index in [0.717, 1.165) is 5.56 Å². The largest absolute Gasteiger partial charge is 0.484 e. The highest BCUT2D eigenvalue weighted by Gasteiger charge is 2.15. The smallest absolute Gasteiger partial charge is 0.263 e. The third kappa shape index (κ3) is 3.29. The average Bonchev–Trinajstić information content (AvgIpc) is 3.03. The highest BCUT2D eigenvalue weighted by molar-refractivity contribution is 5.94. The SMILES string of the molecule is O=C(COc1ccccc1)Nc1nonc1-c1ccccc1. The molecule has 0 aliphatic rings. The monoisotopic (exact) mass is 295 g/mol. The van der Waals surface area contributed by atoms with Crippen LogP contribution in [0.3, 0.4) is 0 Å². The molecular formula is C16H13N3O3. The van der Waals surface area contributed by atoms with E-state index in [1.807, 2.05) is 48.5 Å². The number of aromatic nitrogens is 2. The van der Waals surface area contributed by atoms with Gasteiger partial charge in [0.05, 0.1) is 0 Å². The summed E-state index contributed by atoms with van der Waals surface area (Å²) in [7, 11) is 0. The van der Waals surface area contributed by atoms with E-state index in [9.17, 15) is 4.79 Å². The fraction of sp³-hybridized carbons (Fsp3) is 0.0625. The van der Waals surface area contributed by atoms with Crippen molar-refractivity contribution in [1.29, 1.82) is 0 Å². The molecule has 0 aliphatic carbocycles. The van der Waals surface area contributed by atoms with Gasteiger partial charge in [0.15, 0.2) is 12.3 Å². The minimum atomic E-state index is -0.336. The van der Waals surface area contributed by atoms with Gasteiger partial charge >= 0.3 is 0 Å². The number of benzene rings is 2. The Kier molecular flexibility index (Phi) is 4.10. The molecule has 1 N–H and O–H groups in total. The van der Waals surface area contributed by atoms with Gasteiger partial charge in [0, 0.05) is 5.56 Å². The molecule has 1 aromatic heterocycles. The Morgan fingerprint density at radius 3 is 2.41 bits per heavy atom. The number of carbonyl (C=O) groups excluding carboxylic acids is 1. The predicted octanol–water partition coefficient (Wildman–Crippen LogP) is 2.75. The molecule has 0 radical (unpaired) electrons. The predicted molar refractivity (Wildman–Crippen MR) is 80.3 cm³/mol. The van der Waals surface area contributed by atoms with E-state index in [1.165, 1.54) is 0 Å². The molecule has 0 bridgehead atoms. The van der Waals surface area contributed by atoms with E-state index >= 15 is 0 Å². The van der Waals surface area contributed by atoms with Crippen molar-refractivity contribution in [2.24, 2.45) is 0 Å². The third-order valence-electron chi connectivity index (χ3n) is 2.91. The summed E-state index contributed by atoms with van der Waals surface area (Å²) in [6, 6.07) is 18.4. The van der Waals surface area contributed by atoms with Crippen LogP contribution in [-0.4, -0.2) is 22.8 Å². The van der Waals surface area contributed by atoms with Crippen LogP contribution in [0.5, 0.6) is 5.75 Å². The molecule has 3 aromatic rings. The Morgan fingerprint density at radius 2 is 1.68 bits per heavy atom. The van der Waals surface area contributed by atoms with Crippen molar-refractivity contribution < 1.29 is 14.2 Å². The molecule has 3 rings (SSSR count). The Hall–Kier alpha value is -3.15. The van der Waals surface area contributed by atoms with Crippen molar-refractivity contribution in [3.05, 3.63) is 60.7 Å². The number of carbonyl (C=O) groups is 1. The van der Waals surface area contributed by atoms with Gasteiger partial charge in [0.2, 0.25) is 5.82 Å². The lowest BCUT2D eigenvalue weighted by Gasteiger charge is -2.06. The zero-order valence-corrected chi connectivity index (χ0v) is 11.6. The summed E-state index contributed by atoms with van der Waals surface area (Å²) in [4.78, 5) is 11.9. The lowest BCUT2D eigenvalue weighted by Crippen LogP contribution is -2.20. The lowest BCUT2D eigenvalue weighted by atomic mass is 10.1.